The van der Waals surface area contributed by atoms with Crippen LogP contribution in [0.25, 0.3) is 11.3 Å². The number of hydrogen-bond acceptors (Lipinski definition) is 4. The molecular formula is C24H33ClF2N4O2. The van der Waals surface area contributed by atoms with Crippen LogP contribution in [0.4, 0.5) is 8.78 Å². The van der Waals surface area contributed by atoms with Gasteiger partial charge in [-0.25, -0.2) is 0 Å². The normalized spacial score (nSPS) is 18.5. The second-order valence-electron chi connectivity index (χ2n) is 8.82. The Morgan fingerprint density at radius 3 is 2.67 bits per heavy atom. The van der Waals surface area contributed by atoms with Crippen molar-refractivity contribution in [3.8, 4) is 17.0 Å². The van der Waals surface area contributed by atoms with Gasteiger partial charge in [0.2, 0.25) is 0 Å². The molecular weight excluding hydrogens is 450 g/mol. The molecule has 9 heteroatoms. The lowest BCUT2D eigenvalue weighted by Gasteiger charge is -2.26. The number of unbranched alkanes of at least 4 members (excludes halogenated alkanes) is 1. The summed E-state index contributed by atoms with van der Waals surface area (Å²) in [5.41, 5.74) is 1.38. The van der Waals surface area contributed by atoms with E-state index in [1.165, 1.54) is 29.8 Å². The molecule has 1 N–H and O–H groups in total. The van der Waals surface area contributed by atoms with Crippen molar-refractivity contribution in [1.29, 1.82) is 0 Å². The van der Waals surface area contributed by atoms with E-state index in [2.05, 4.69) is 22.3 Å². The Kier molecular flexibility index (Phi) is 9.06. The average molecular weight is 483 g/mol. The van der Waals surface area contributed by atoms with Gasteiger partial charge in [-0.1, -0.05) is 44.7 Å². The van der Waals surface area contributed by atoms with Crippen molar-refractivity contribution in [2.75, 3.05) is 6.54 Å². The van der Waals surface area contributed by atoms with Crippen LogP contribution >= 0.6 is 11.6 Å². The molecule has 0 spiro atoms. The maximum absolute atomic E-state index is 13.2. The summed E-state index contributed by atoms with van der Waals surface area (Å²) in [6.07, 6.45) is 8.50. The Bertz CT molecular complexity index is 943. The molecule has 33 heavy (non-hydrogen) atoms. The van der Waals surface area contributed by atoms with Gasteiger partial charge in [-0.2, -0.15) is 13.9 Å². The van der Waals surface area contributed by atoms with Crippen LogP contribution in [0, 0.1) is 11.8 Å². The predicted molar refractivity (Wildman–Crippen MR) is 125 cm³/mol. The Balaban J connectivity index is 1.86. The van der Waals surface area contributed by atoms with Crippen LogP contribution in [0.2, 0.25) is 5.02 Å². The van der Waals surface area contributed by atoms with E-state index in [4.69, 9.17) is 16.3 Å². The largest absolute Gasteiger partial charge is 0.434 e. The van der Waals surface area contributed by atoms with Crippen LogP contribution in [0.5, 0.6) is 5.75 Å². The second-order valence-corrected chi connectivity index (χ2v) is 9.19. The standard InChI is InChI=1S/C24H33ClF2N4O2/c1-4-6-7-17-12-19(33-24(26)27)18(14-28-17)22-20(25)21(30-31(22)5-2)23(32)29-13-16-10-8-15(3)9-11-16/h12,14-16,24H,4-11,13H2,1-3H3,(H,29,32). The molecule has 2 aromatic heterocycles. The third-order valence-corrected chi connectivity index (χ3v) is 6.63. The van der Waals surface area contributed by atoms with Gasteiger partial charge in [0.05, 0.1) is 16.3 Å². The molecule has 0 aliphatic heterocycles. The topological polar surface area (TPSA) is 69.0 Å². The van der Waals surface area contributed by atoms with Crippen LogP contribution in [-0.2, 0) is 13.0 Å². The number of alkyl halides is 2. The van der Waals surface area contributed by atoms with E-state index >= 15 is 0 Å². The predicted octanol–water partition coefficient (Wildman–Crippen LogP) is 6.12. The number of aromatic nitrogens is 3. The molecule has 1 aliphatic carbocycles. The molecule has 1 saturated carbocycles. The highest BCUT2D eigenvalue weighted by Crippen LogP contribution is 2.38. The zero-order valence-corrected chi connectivity index (χ0v) is 20.3. The summed E-state index contributed by atoms with van der Waals surface area (Å²) in [5, 5.41) is 7.43. The molecule has 2 heterocycles. The third kappa shape index (κ3) is 6.43. The first-order valence-corrected chi connectivity index (χ1v) is 12.2. The summed E-state index contributed by atoms with van der Waals surface area (Å²) < 4.78 is 32.6. The van der Waals surface area contributed by atoms with Gasteiger partial charge in [0.15, 0.2) is 5.69 Å². The van der Waals surface area contributed by atoms with Gasteiger partial charge in [0, 0.05) is 31.0 Å². The van der Waals surface area contributed by atoms with Gasteiger partial charge in [-0.05, 0) is 44.4 Å². The van der Waals surface area contributed by atoms with Crippen molar-refractivity contribution in [3.05, 3.63) is 28.7 Å². The lowest BCUT2D eigenvalue weighted by molar-refractivity contribution is -0.0495. The van der Waals surface area contributed by atoms with Gasteiger partial charge in [-0.3, -0.25) is 14.5 Å². The number of carbonyl (C=O) groups excluding carboxylic acids is 1. The number of halogens is 3. The quantitative estimate of drug-likeness (QED) is 0.443. The minimum absolute atomic E-state index is 0.0223. The molecule has 0 aromatic carbocycles. The molecule has 3 rings (SSSR count). The molecule has 1 fully saturated rings. The van der Waals surface area contributed by atoms with E-state index in [9.17, 15) is 13.6 Å². The van der Waals surface area contributed by atoms with Crippen molar-refractivity contribution in [3.63, 3.8) is 0 Å². The molecule has 0 unspecified atom stereocenters. The van der Waals surface area contributed by atoms with E-state index in [1.54, 1.807) is 0 Å². The number of amides is 1. The lowest BCUT2D eigenvalue weighted by atomic mass is 9.83. The van der Waals surface area contributed by atoms with E-state index in [1.807, 2.05) is 13.8 Å². The first kappa shape index (κ1) is 25.4. The SMILES string of the molecule is CCCCc1cc(OC(F)F)c(-c2c(Cl)c(C(=O)NCC3CCC(C)CC3)nn2CC)cn1. The van der Waals surface area contributed by atoms with E-state index < -0.39 is 6.61 Å². The monoisotopic (exact) mass is 482 g/mol. The number of nitrogens with one attached hydrogen (secondary N) is 1. The van der Waals surface area contributed by atoms with E-state index in [0.717, 1.165) is 31.6 Å². The Morgan fingerprint density at radius 1 is 1.30 bits per heavy atom. The van der Waals surface area contributed by atoms with Gasteiger partial charge in [0.25, 0.3) is 5.91 Å². The molecule has 0 radical (unpaired) electrons. The molecule has 0 bridgehead atoms. The van der Waals surface area contributed by atoms with Crippen LogP contribution in [0.1, 0.15) is 75.5 Å². The van der Waals surface area contributed by atoms with Crippen LogP contribution in [-0.4, -0.2) is 33.8 Å². The number of rotatable bonds is 10. The third-order valence-electron chi connectivity index (χ3n) is 6.28. The summed E-state index contributed by atoms with van der Waals surface area (Å²) in [7, 11) is 0. The molecule has 182 valence electrons. The molecule has 1 amide bonds. The fraction of sp³-hybridized carbons (Fsp3) is 0.625. The fourth-order valence-electron chi connectivity index (χ4n) is 4.27. The first-order valence-electron chi connectivity index (χ1n) is 11.8. The number of carbonyl (C=O) groups is 1. The van der Waals surface area contributed by atoms with Crippen molar-refractivity contribution in [2.45, 2.75) is 78.9 Å². The minimum atomic E-state index is -3.00. The van der Waals surface area contributed by atoms with Gasteiger partial charge < -0.3 is 10.1 Å². The van der Waals surface area contributed by atoms with Crippen molar-refractivity contribution in [1.82, 2.24) is 20.1 Å². The zero-order chi connectivity index (χ0) is 24.0. The molecule has 6 nitrogen and oxygen atoms in total. The smallest absolute Gasteiger partial charge is 0.387 e. The average Bonchev–Trinajstić information content (AvgIpc) is 3.13. The highest BCUT2D eigenvalue weighted by atomic mass is 35.5. The van der Waals surface area contributed by atoms with Crippen LogP contribution in [0.15, 0.2) is 12.3 Å². The maximum atomic E-state index is 13.2. The van der Waals surface area contributed by atoms with Crippen LogP contribution < -0.4 is 10.1 Å². The Hall–Kier alpha value is -2.22. The van der Waals surface area contributed by atoms with Gasteiger partial charge in [0.1, 0.15) is 5.75 Å². The first-order chi connectivity index (χ1) is 15.8. The summed E-state index contributed by atoms with van der Waals surface area (Å²) in [5.74, 6) is 0.796. The number of nitrogens with zero attached hydrogens (tertiary/aromatic N) is 3. The zero-order valence-electron chi connectivity index (χ0n) is 19.5. The summed E-state index contributed by atoms with van der Waals surface area (Å²) in [4.78, 5) is 17.3. The van der Waals surface area contributed by atoms with Crippen molar-refractivity contribution in [2.24, 2.45) is 11.8 Å². The minimum Gasteiger partial charge on any atom is -0.434 e. The lowest BCUT2D eigenvalue weighted by Crippen LogP contribution is -2.31. The molecule has 1 aliphatic rings. The fourth-order valence-corrected chi connectivity index (χ4v) is 4.59. The highest BCUT2D eigenvalue weighted by Gasteiger charge is 2.27. The Labute approximate surface area is 199 Å². The summed E-state index contributed by atoms with van der Waals surface area (Å²) in [6, 6.07) is 1.52. The van der Waals surface area contributed by atoms with Crippen LogP contribution in [0.3, 0.4) is 0 Å². The van der Waals surface area contributed by atoms with Crippen molar-refractivity contribution >= 4 is 17.5 Å². The van der Waals surface area contributed by atoms with Crippen molar-refractivity contribution < 1.29 is 18.3 Å². The summed E-state index contributed by atoms with van der Waals surface area (Å²) in [6.45, 7) is 4.12. The Morgan fingerprint density at radius 2 is 2.03 bits per heavy atom. The van der Waals surface area contributed by atoms with E-state index in [0.29, 0.717) is 36.8 Å². The van der Waals surface area contributed by atoms with Gasteiger partial charge in [-0.15, -0.1) is 0 Å². The number of hydrogen-bond donors (Lipinski definition) is 1. The maximum Gasteiger partial charge on any atom is 0.387 e. The molecule has 0 atom stereocenters. The summed E-state index contributed by atoms with van der Waals surface area (Å²) >= 11 is 6.60. The highest BCUT2D eigenvalue weighted by molar-refractivity contribution is 6.36. The molecule has 0 saturated heterocycles. The number of pyridine rings is 1. The second kappa shape index (κ2) is 11.8. The van der Waals surface area contributed by atoms with E-state index in [-0.39, 0.29) is 27.9 Å². The number of aryl methyl sites for hydroxylation is 2. The number of ether oxygens (including phenoxy) is 1. The van der Waals surface area contributed by atoms with Gasteiger partial charge >= 0.3 is 6.61 Å². The molecule has 2 aromatic rings.